The molecule has 0 bridgehead atoms. The number of nitrogens with zero attached hydrogens (tertiary/aromatic N) is 6. The SMILES string of the molecule is FC(F)(F)c1cnc([C@H]2CCCN(c3ccc4nncn4n3)C2)[nH]1. The van der Waals surface area contributed by atoms with Crippen molar-refractivity contribution in [3.63, 3.8) is 0 Å². The van der Waals surface area contributed by atoms with E-state index in [1.807, 2.05) is 17.0 Å². The van der Waals surface area contributed by atoms with Crippen LogP contribution in [-0.4, -0.2) is 42.9 Å². The Morgan fingerprint density at radius 3 is 2.92 bits per heavy atom. The van der Waals surface area contributed by atoms with E-state index in [-0.39, 0.29) is 5.92 Å². The summed E-state index contributed by atoms with van der Waals surface area (Å²) in [7, 11) is 0. The molecule has 0 aromatic carbocycles. The molecule has 0 radical (unpaired) electrons. The molecule has 0 saturated carbocycles. The zero-order valence-electron chi connectivity index (χ0n) is 12.5. The molecule has 3 aromatic rings. The summed E-state index contributed by atoms with van der Waals surface area (Å²) >= 11 is 0. The Kier molecular flexibility index (Phi) is 3.39. The van der Waals surface area contributed by atoms with Crippen molar-refractivity contribution in [1.29, 1.82) is 0 Å². The van der Waals surface area contributed by atoms with Crippen molar-refractivity contribution in [2.24, 2.45) is 0 Å². The second kappa shape index (κ2) is 5.46. The van der Waals surface area contributed by atoms with Crippen LogP contribution in [0.15, 0.2) is 24.7 Å². The third kappa shape index (κ3) is 2.68. The summed E-state index contributed by atoms with van der Waals surface area (Å²) in [6.07, 6.45) is -0.385. The fourth-order valence-electron chi connectivity index (χ4n) is 2.98. The molecule has 4 heterocycles. The van der Waals surface area contributed by atoms with Crippen LogP contribution in [0.2, 0.25) is 0 Å². The molecule has 1 N–H and O–H groups in total. The highest BCUT2D eigenvalue weighted by molar-refractivity contribution is 5.45. The number of rotatable bonds is 2. The predicted octanol–water partition coefficient (Wildman–Crippen LogP) is 2.25. The van der Waals surface area contributed by atoms with E-state index in [1.54, 1.807) is 4.52 Å². The van der Waals surface area contributed by atoms with Gasteiger partial charge in [0.25, 0.3) is 0 Å². The van der Waals surface area contributed by atoms with Gasteiger partial charge in [0.15, 0.2) is 5.65 Å². The summed E-state index contributed by atoms with van der Waals surface area (Å²) in [6, 6.07) is 3.66. The number of piperidine rings is 1. The third-order valence-electron chi connectivity index (χ3n) is 4.18. The first-order chi connectivity index (χ1) is 11.5. The van der Waals surface area contributed by atoms with Crippen molar-refractivity contribution in [2.45, 2.75) is 24.9 Å². The van der Waals surface area contributed by atoms with Gasteiger partial charge in [-0.25, -0.2) is 4.98 Å². The fraction of sp³-hybridized carbons (Fsp3) is 0.429. The maximum atomic E-state index is 12.7. The van der Waals surface area contributed by atoms with Crippen LogP contribution in [-0.2, 0) is 6.18 Å². The lowest BCUT2D eigenvalue weighted by Crippen LogP contribution is -2.35. The Bertz CT molecular complexity index is 853. The molecule has 24 heavy (non-hydrogen) atoms. The number of hydrogen-bond donors (Lipinski definition) is 1. The van der Waals surface area contributed by atoms with E-state index < -0.39 is 11.9 Å². The number of imidazole rings is 1. The van der Waals surface area contributed by atoms with Crippen LogP contribution in [0.1, 0.15) is 30.3 Å². The van der Waals surface area contributed by atoms with Gasteiger partial charge >= 0.3 is 6.18 Å². The molecule has 1 saturated heterocycles. The molecule has 1 aliphatic heterocycles. The van der Waals surface area contributed by atoms with E-state index in [2.05, 4.69) is 25.3 Å². The summed E-state index contributed by atoms with van der Waals surface area (Å²) in [5.74, 6) is 1.03. The van der Waals surface area contributed by atoms with Crippen LogP contribution in [0, 0.1) is 0 Å². The quantitative estimate of drug-likeness (QED) is 0.776. The van der Waals surface area contributed by atoms with Crippen molar-refractivity contribution in [1.82, 2.24) is 29.8 Å². The first-order valence-corrected chi connectivity index (χ1v) is 7.55. The second-order valence-corrected chi connectivity index (χ2v) is 5.79. The van der Waals surface area contributed by atoms with Gasteiger partial charge in [-0.15, -0.1) is 15.3 Å². The number of anilines is 1. The minimum atomic E-state index is -4.40. The average Bonchev–Trinajstić information content (AvgIpc) is 3.23. The van der Waals surface area contributed by atoms with Crippen molar-refractivity contribution in [3.05, 3.63) is 36.2 Å². The standard InChI is InChI=1S/C14H14F3N7/c15-14(16,17)10-6-18-13(20-10)9-2-1-5-23(7-9)12-4-3-11-21-19-8-24(11)22-12/h3-4,6,8-9H,1-2,5,7H2,(H,18,20)/t9-/m0/s1. The van der Waals surface area contributed by atoms with E-state index in [9.17, 15) is 13.2 Å². The number of halogens is 3. The summed E-state index contributed by atoms with van der Waals surface area (Å²) < 4.78 is 39.7. The third-order valence-corrected chi connectivity index (χ3v) is 4.18. The smallest absolute Gasteiger partial charge is 0.354 e. The Labute approximate surface area is 134 Å². The van der Waals surface area contributed by atoms with E-state index in [0.717, 1.165) is 31.4 Å². The molecule has 1 aliphatic rings. The molecule has 3 aromatic heterocycles. The fourth-order valence-corrected chi connectivity index (χ4v) is 2.98. The lowest BCUT2D eigenvalue weighted by molar-refractivity contribution is -0.141. The Morgan fingerprint density at radius 2 is 2.12 bits per heavy atom. The molecule has 0 spiro atoms. The lowest BCUT2D eigenvalue weighted by atomic mass is 9.97. The highest BCUT2D eigenvalue weighted by Gasteiger charge is 2.34. The van der Waals surface area contributed by atoms with Gasteiger partial charge in [0.05, 0.1) is 6.20 Å². The molecular weight excluding hydrogens is 323 g/mol. The monoisotopic (exact) mass is 337 g/mol. The molecule has 0 unspecified atom stereocenters. The molecule has 10 heteroatoms. The van der Waals surface area contributed by atoms with E-state index in [1.165, 1.54) is 6.33 Å². The number of aromatic nitrogens is 6. The largest absolute Gasteiger partial charge is 0.432 e. The maximum Gasteiger partial charge on any atom is 0.432 e. The van der Waals surface area contributed by atoms with E-state index >= 15 is 0 Å². The van der Waals surface area contributed by atoms with Gasteiger partial charge < -0.3 is 9.88 Å². The topological polar surface area (TPSA) is 75.0 Å². The second-order valence-electron chi connectivity index (χ2n) is 5.79. The van der Waals surface area contributed by atoms with Crippen LogP contribution in [0.4, 0.5) is 19.0 Å². The highest BCUT2D eigenvalue weighted by Crippen LogP contribution is 2.31. The van der Waals surface area contributed by atoms with Gasteiger partial charge in [-0.1, -0.05) is 0 Å². The highest BCUT2D eigenvalue weighted by atomic mass is 19.4. The summed E-state index contributed by atoms with van der Waals surface area (Å²) in [4.78, 5) is 8.39. The molecule has 1 atom stereocenters. The molecule has 0 amide bonds. The van der Waals surface area contributed by atoms with Crippen LogP contribution in [0.3, 0.4) is 0 Å². The van der Waals surface area contributed by atoms with Crippen LogP contribution in [0.5, 0.6) is 0 Å². The summed E-state index contributed by atoms with van der Waals surface area (Å²) in [5, 5.41) is 12.1. The number of alkyl halides is 3. The molecule has 7 nitrogen and oxygen atoms in total. The number of fused-ring (bicyclic) bond motifs is 1. The first-order valence-electron chi connectivity index (χ1n) is 7.55. The molecule has 1 fully saturated rings. The Morgan fingerprint density at radius 1 is 1.25 bits per heavy atom. The van der Waals surface area contributed by atoms with Gasteiger partial charge in [0, 0.05) is 19.0 Å². The van der Waals surface area contributed by atoms with Gasteiger partial charge in [-0.3, -0.25) is 0 Å². The van der Waals surface area contributed by atoms with Gasteiger partial charge in [-0.05, 0) is 25.0 Å². The van der Waals surface area contributed by atoms with Gasteiger partial charge in [0.2, 0.25) is 0 Å². The lowest BCUT2D eigenvalue weighted by Gasteiger charge is -2.32. The Balaban J connectivity index is 1.56. The molecule has 4 rings (SSSR count). The minimum Gasteiger partial charge on any atom is -0.354 e. The molecule has 0 aliphatic carbocycles. The minimum absolute atomic E-state index is 0.0896. The number of H-pyrrole nitrogens is 1. The zero-order chi connectivity index (χ0) is 16.7. The van der Waals surface area contributed by atoms with Crippen molar-refractivity contribution >= 4 is 11.5 Å². The Hall–Kier alpha value is -2.65. The summed E-state index contributed by atoms with van der Waals surface area (Å²) in [5.41, 5.74) is -0.160. The van der Waals surface area contributed by atoms with Gasteiger partial charge in [-0.2, -0.15) is 17.7 Å². The molecule has 126 valence electrons. The van der Waals surface area contributed by atoms with E-state index in [4.69, 9.17) is 0 Å². The maximum absolute atomic E-state index is 12.7. The van der Waals surface area contributed by atoms with Gasteiger partial charge in [0.1, 0.15) is 23.7 Å². The first kappa shape index (κ1) is 14.9. The average molecular weight is 337 g/mol. The number of hydrogen-bond acceptors (Lipinski definition) is 5. The van der Waals surface area contributed by atoms with Crippen LogP contribution < -0.4 is 4.90 Å². The predicted molar refractivity (Wildman–Crippen MR) is 78.6 cm³/mol. The van der Waals surface area contributed by atoms with Crippen molar-refractivity contribution < 1.29 is 13.2 Å². The van der Waals surface area contributed by atoms with Crippen molar-refractivity contribution in [3.8, 4) is 0 Å². The molecular formula is C14H14F3N7. The van der Waals surface area contributed by atoms with Crippen LogP contribution in [0.25, 0.3) is 5.65 Å². The van der Waals surface area contributed by atoms with Crippen LogP contribution >= 0.6 is 0 Å². The van der Waals surface area contributed by atoms with E-state index in [0.29, 0.717) is 18.0 Å². The zero-order valence-corrected chi connectivity index (χ0v) is 12.5. The van der Waals surface area contributed by atoms with Crippen molar-refractivity contribution in [2.75, 3.05) is 18.0 Å². The number of aromatic amines is 1. The normalized spacial score (nSPS) is 19.1. The summed E-state index contributed by atoms with van der Waals surface area (Å²) in [6.45, 7) is 1.36. The number of nitrogens with one attached hydrogen (secondary N) is 1.